The molecular weight excluding hydrogens is 543 g/mol. The van der Waals surface area contributed by atoms with Crippen molar-refractivity contribution >= 4 is 29.9 Å². The highest BCUT2D eigenvalue weighted by Crippen LogP contribution is 2.20. The summed E-state index contributed by atoms with van der Waals surface area (Å²) in [6, 6.07) is 3.28. The number of nitrogens with zero attached hydrogens (tertiary/aromatic N) is 3. The fourth-order valence-corrected chi connectivity index (χ4v) is 3.61. The van der Waals surface area contributed by atoms with E-state index in [9.17, 15) is 8.78 Å². The maximum Gasteiger partial charge on any atom is 0.208 e. The first-order valence-corrected chi connectivity index (χ1v) is 11.2. The van der Waals surface area contributed by atoms with Crippen LogP contribution in [0.25, 0.3) is 0 Å². The van der Waals surface area contributed by atoms with Crippen molar-refractivity contribution in [3.05, 3.63) is 47.2 Å². The van der Waals surface area contributed by atoms with Gasteiger partial charge in [-0.05, 0) is 64.8 Å². The molecule has 184 valence electrons. The van der Waals surface area contributed by atoms with Crippen LogP contribution in [-0.4, -0.2) is 55.2 Å². The molecule has 0 atom stereocenters. The summed E-state index contributed by atoms with van der Waals surface area (Å²) in [6.45, 7) is 10.9. The van der Waals surface area contributed by atoms with Crippen LogP contribution in [0.1, 0.15) is 37.1 Å². The van der Waals surface area contributed by atoms with E-state index in [0.29, 0.717) is 18.4 Å². The number of hydrogen-bond acceptors (Lipinski definition) is 5. The Morgan fingerprint density at radius 1 is 1.24 bits per heavy atom. The van der Waals surface area contributed by atoms with Gasteiger partial charge in [0.05, 0.1) is 18.8 Å². The monoisotopic (exact) mass is 577 g/mol. The van der Waals surface area contributed by atoms with Crippen molar-refractivity contribution in [2.75, 3.05) is 39.3 Å². The van der Waals surface area contributed by atoms with Gasteiger partial charge in [0, 0.05) is 19.2 Å². The summed E-state index contributed by atoms with van der Waals surface area (Å²) in [6.07, 6.45) is 2.16. The Bertz CT molecular complexity index is 881. The number of aromatic nitrogens is 1. The molecule has 1 aliphatic rings. The van der Waals surface area contributed by atoms with Crippen LogP contribution in [0, 0.1) is 31.4 Å². The number of aliphatic imine (C=N–C) groups is 1. The Morgan fingerprint density at radius 3 is 2.64 bits per heavy atom. The fourth-order valence-electron chi connectivity index (χ4n) is 3.61. The van der Waals surface area contributed by atoms with Crippen molar-refractivity contribution in [1.82, 2.24) is 20.5 Å². The Hall–Kier alpha value is -1.95. The summed E-state index contributed by atoms with van der Waals surface area (Å²) >= 11 is 0. The molecule has 1 aliphatic heterocycles. The second-order valence-corrected chi connectivity index (χ2v) is 8.04. The van der Waals surface area contributed by atoms with Crippen molar-refractivity contribution in [2.45, 2.75) is 40.2 Å². The largest absolute Gasteiger partial charge is 0.489 e. The molecule has 1 fully saturated rings. The molecule has 10 heteroatoms. The molecule has 0 amide bonds. The highest BCUT2D eigenvalue weighted by molar-refractivity contribution is 14.0. The normalized spacial score (nSPS) is 15.2. The molecule has 33 heavy (non-hydrogen) atoms. The summed E-state index contributed by atoms with van der Waals surface area (Å²) in [5.74, 6) is 1.63. The van der Waals surface area contributed by atoms with Crippen LogP contribution < -0.4 is 15.4 Å². The quantitative estimate of drug-likeness (QED) is 0.203. The molecule has 2 N–H and O–H groups in total. The van der Waals surface area contributed by atoms with Crippen molar-refractivity contribution < 1.29 is 17.9 Å². The van der Waals surface area contributed by atoms with Gasteiger partial charge < -0.3 is 19.8 Å². The van der Waals surface area contributed by atoms with Gasteiger partial charge in [-0.15, -0.1) is 24.0 Å². The minimum Gasteiger partial charge on any atom is -0.489 e. The van der Waals surface area contributed by atoms with E-state index in [1.807, 2.05) is 20.8 Å². The third-order valence-electron chi connectivity index (χ3n) is 5.54. The minimum atomic E-state index is -0.704. The number of hydrogen-bond donors (Lipinski definition) is 2. The zero-order chi connectivity index (χ0) is 22.9. The fraction of sp³-hybridized carbons (Fsp3) is 0.565. The molecule has 7 nitrogen and oxygen atoms in total. The first-order chi connectivity index (χ1) is 15.4. The molecule has 1 aromatic carbocycles. The average molecular weight is 577 g/mol. The molecule has 0 saturated carbocycles. The second-order valence-electron chi connectivity index (χ2n) is 8.04. The molecule has 0 radical (unpaired) electrons. The molecule has 2 aromatic rings. The number of ether oxygens (including phenoxy) is 1. The lowest BCUT2D eigenvalue weighted by molar-refractivity contribution is 0.166. The van der Waals surface area contributed by atoms with Gasteiger partial charge in [-0.25, -0.2) is 13.8 Å². The van der Waals surface area contributed by atoms with E-state index in [2.05, 4.69) is 20.5 Å². The molecule has 3 rings (SSSR count). The predicted octanol–water partition coefficient (Wildman–Crippen LogP) is 4.03. The highest BCUT2D eigenvalue weighted by Gasteiger charge is 2.21. The standard InChI is InChI=1S/C23H33F2N5O2.HI/c1-4-26-23(27-9-12-31-21-6-5-19(24)13-20(21)25)28-14-18-7-10-30(11-8-18)15-22-29-16(2)17(3)32-22;/h5-6,13,18H,4,7-12,14-15H2,1-3H3,(H2,26,27,28);1H. The van der Waals surface area contributed by atoms with Gasteiger partial charge in [-0.3, -0.25) is 9.89 Å². The number of rotatable bonds is 9. The summed E-state index contributed by atoms with van der Waals surface area (Å²) < 4.78 is 37.7. The summed E-state index contributed by atoms with van der Waals surface area (Å²) in [7, 11) is 0. The molecule has 1 saturated heterocycles. The van der Waals surface area contributed by atoms with Gasteiger partial charge in [0.2, 0.25) is 5.89 Å². The van der Waals surface area contributed by atoms with Crippen molar-refractivity contribution in [2.24, 2.45) is 10.9 Å². The first-order valence-electron chi connectivity index (χ1n) is 11.2. The van der Waals surface area contributed by atoms with E-state index in [4.69, 9.17) is 14.1 Å². The maximum atomic E-state index is 13.6. The summed E-state index contributed by atoms with van der Waals surface area (Å²) in [4.78, 5) is 11.5. The number of halogens is 3. The van der Waals surface area contributed by atoms with Gasteiger partial charge >= 0.3 is 0 Å². The van der Waals surface area contributed by atoms with Crippen LogP contribution >= 0.6 is 24.0 Å². The zero-order valence-electron chi connectivity index (χ0n) is 19.5. The molecule has 2 heterocycles. The maximum absolute atomic E-state index is 13.6. The van der Waals surface area contributed by atoms with Gasteiger partial charge in [0.25, 0.3) is 0 Å². The number of aryl methyl sites for hydroxylation is 2. The SMILES string of the molecule is CCNC(=NCC1CCN(Cc2nc(C)c(C)o2)CC1)NCCOc1ccc(F)cc1F.I. The number of piperidine rings is 1. The molecule has 0 aliphatic carbocycles. The predicted molar refractivity (Wildman–Crippen MR) is 135 cm³/mol. The van der Waals surface area contributed by atoms with E-state index in [-0.39, 0.29) is 36.3 Å². The Kier molecular flexibility index (Phi) is 11.3. The van der Waals surface area contributed by atoms with Crippen LogP contribution in [0.15, 0.2) is 27.6 Å². The van der Waals surface area contributed by atoms with Gasteiger partial charge in [0.1, 0.15) is 18.2 Å². The van der Waals surface area contributed by atoms with E-state index < -0.39 is 11.6 Å². The molecular formula is C23H34F2IN5O2. The van der Waals surface area contributed by atoms with E-state index >= 15 is 0 Å². The zero-order valence-corrected chi connectivity index (χ0v) is 21.8. The second kappa shape index (κ2) is 13.7. The van der Waals surface area contributed by atoms with Gasteiger partial charge in [-0.2, -0.15) is 0 Å². The number of likely N-dealkylation sites (tertiary alicyclic amines) is 1. The lowest BCUT2D eigenvalue weighted by atomic mass is 9.97. The lowest BCUT2D eigenvalue weighted by Gasteiger charge is -2.30. The van der Waals surface area contributed by atoms with Gasteiger partial charge in [-0.1, -0.05) is 0 Å². The Labute approximate surface area is 211 Å². The van der Waals surface area contributed by atoms with E-state index in [0.717, 1.165) is 69.0 Å². The lowest BCUT2D eigenvalue weighted by Crippen LogP contribution is -2.40. The van der Waals surface area contributed by atoms with Crippen molar-refractivity contribution in [3.63, 3.8) is 0 Å². The number of guanidine groups is 1. The third kappa shape index (κ3) is 8.73. The van der Waals surface area contributed by atoms with Crippen LogP contribution in [0.2, 0.25) is 0 Å². The minimum absolute atomic E-state index is 0. The topological polar surface area (TPSA) is 74.9 Å². The first kappa shape index (κ1) is 27.3. The number of oxazole rings is 1. The number of nitrogens with one attached hydrogen (secondary N) is 2. The van der Waals surface area contributed by atoms with Gasteiger partial charge in [0.15, 0.2) is 17.5 Å². The third-order valence-corrected chi connectivity index (χ3v) is 5.54. The smallest absolute Gasteiger partial charge is 0.208 e. The van der Waals surface area contributed by atoms with Crippen LogP contribution in [0.4, 0.5) is 8.78 Å². The number of benzene rings is 1. The van der Waals surface area contributed by atoms with Crippen molar-refractivity contribution in [3.8, 4) is 5.75 Å². The Morgan fingerprint density at radius 2 is 2.00 bits per heavy atom. The van der Waals surface area contributed by atoms with Crippen LogP contribution in [0.3, 0.4) is 0 Å². The highest BCUT2D eigenvalue weighted by atomic mass is 127. The molecule has 0 bridgehead atoms. The van der Waals surface area contributed by atoms with E-state index in [1.165, 1.54) is 12.1 Å². The van der Waals surface area contributed by atoms with E-state index in [1.54, 1.807) is 0 Å². The van der Waals surface area contributed by atoms with Crippen LogP contribution in [-0.2, 0) is 6.54 Å². The summed E-state index contributed by atoms with van der Waals surface area (Å²) in [5.41, 5.74) is 0.959. The summed E-state index contributed by atoms with van der Waals surface area (Å²) in [5, 5.41) is 6.41. The molecule has 0 unspecified atom stereocenters. The van der Waals surface area contributed by atoms with Crippen LogP contribution in [0.5, 0.6) is 5.75 Å². The molecule has 0 spiro atoms. The average Bonchev–Trinajstić information content (AvgIpc) is 3.08. The molecule has 1 aromatic heterocycles. The van der Waals surface area contributed by atoms with Crippen molar-refractivity contribution in [1.29, 1.82) is 0 Å². The Balaban J connectivity index is 0.00000385.